The number of primary amides is 1. The second-order valence-corrected chi connectivity index (χ2v) is 4.46. The molecule has 1 aromatic carbocycles. The van der Waals surface area contributed by atoms with Crippen molar-refractivity contribution >= 4 is 28.6 Å². The first kappa shape index (κ1) is 14.7. The zero-order valence-electron chi connectivity index (χ0n) is 11.8. The topological polar surface area (TPSA) is 104 Å². The number of ketones is 1. The smallest absolute Gasteiger partial charge is 0.327 e. The summed E-state index contributed by atoms with van der Waals surface area (Å²) in [5.74, 6) is -1.32. The Morgan fingerprint density at radius 2 is 2.05 bits per heavy atom. The molecule has 2 N–H and O–H groups in total. The standard InChI is InChI=1S/C14H15N3O4/c1-3-21-12(19)7-17-11-5-4-9(8(2)18)6-10(11)13(16-17)14(15)20/h4-6H,3,7H2,1-2H3,(H2,15,20). The van der Waals surface area contributed by atoms with Crippen LogP contribution in [0.2, 0.25) is 0 Å². The van der Waals surface area contributed by atoms with E-state index >= 15 is 0 Å². The van der Waals surface area contributed by atoms with E-state index in [1.54, 1.807) is 25.1 Å². The molecular weight excluding hydrogens is 274 g/mol. The van der Waals surface area contributed by atoms with Gasteiger partial charge in [-0.15, -0.1) is 0 Å². The van der Waals surface area contributed by atoms with Crippen molar-refractivity contribution in [3.63, 3.8) is 0 Å². The summed E-state index contributed by atoms with van der Waals surface area (Å²) in [4.78, 5) is 34.4. The van der Waals surface area contributed by atoms with E-state index in [9.17, 15) is 14.4 Å². The molecule has 0 bridgehead atoms. The Hall–Kier alpha value is -2.70. The molecule has 0 aliphatic carbocycles. The first-order valence-corrected chi connectivity index (χ1v) is 6.41. The molecule has 1 amide bonds. The van der Waals surface area contributed by atoms with E-state index < -0.39 is 11.9 Å². The number of nitrogens with zero attached hydrogens (tertiary/aromatic N) is 2. The van der Waals surface area contributed by atoms with Crippen LogP contribution in [0, 0.1) is 0 Å². The summed E-state index contributed by atoms with van der Waals surface area (Å²) < 4.78 is 6.20. The van der Waals surface area contributed by atoms with Gasteiger partial charge in [-0.2, -0.15) is 5.10 Å². The summed E-state index contributed by atoms with van der Waals surface area (Å²) in [7, 11) is 0. The lowest BCUT2D eigenvalue weighted by atomic mass is 10.1. The van der Waals surface area contributed by atoms with Crippen LogP contribution in [0.25, 0.3) is 10.9 Å². The second-order valence-electron chi connectivity index (χ2n) is 4.46. The van der Waals surface area contributed by atoms with Gasteiger partial charge < -0.3 is 10.5 Å². The molecule has 110 valence electrons. The average Bonchev–Trinajstić information content (AvgIpc) is 2.77. The van der Waals surface area contributed by atoms with Gasteiger partial charge in [0.1, 0.15) is 6.54 Å². The molecule has 0 radical (unpaired) electrons. The molecule has 1 aromatic heterocycles. The van der Waals surface area contributed by atoms with Gasteiger partial charge in [0.2, 0.25) is 0 Å². The number of nitrogens with two attached hydrogens (primary N) is 1. The quantitative estimate of drug-likeness (QED) is 0.650. The van der Waals surface area contributed by atoms with Crippen LogP contribution in [-0.2, 0) is 16.1 Å². The third-order valence-electron chi connectivity index (χ3n) is 2.97. The number of Topliss-reactive ketones (excluding diaryl/α,β-unsaturated/α-hetero) is 1. The van der Waals surface area contributed by atoms with E-state index in [1.165, 1.54) is 11.6 Å². The molecular formula is C14H15N3O4. The molecule has 0 aliphatic heterocycles. The number of benzene rings is 1. The van der Waals surface area contributed by atoms with Gasteiger partial charge in [-0.3, -0.25) is 19.1 Å². The van der Waals surface area contributed by atoms with Crippen molar-refractivity contribution in [2.24, 2.45) is 5.73 Å². The van der Waals surface area contributed by atoms with Gasteiger partial charge in [0, 0.05) is 10.9 Å². The first-order chi connectivity index (χ1) is 9.93. The fourth-order valence-electron chi connectivity index (χ4n) is 2.03. The van der Waals surface area contributed by atoms with E-state index in [-0.39, 0.29) is 24.6 Å². The number of esters is 1. The predicted octanol–water partition coefficient (Wildman–Crippen LogP) is 0.901. The maximum atomic E-state index is 11.6. The number of carbonyl (C=O) groups is 3. The van der Waals surface area contributed by atoms with Crippen LogP contribution < -0.4 is 5.73 Å². The Kier molecular flexibility index (Phi) is 4.02. The number of amides is 1. The van der Waals surface area contributed by atoms with Crippen molar-refractivity contribution < 1.29 is 19.1 Å². The van der Waals surface area contributed by atoms with Gasteiger partial charge in [-0.05, 0) is 32.0 Å². The minimum absolute atomic E-state index is 0.0254. The van der Waals surface area contributed by atoms with Crippen LogP contribution in [0.5, 0.6) is 0 Å². The number of ether oxygens (including phenoxy) is 1. The molecule has 7 heteroatoms. The monoisotopic (exact) mass is 289 g/mol. The number of rotatable bonds is 5. The summed E-state index contributed by atoms with van der Waals surface area (Å²) >= 11 is 0. The third kappa shape index (κ3) is 2.91. The lowest BCUT2D eigenvalue weighted by molar-refractivity contribution is -0.143. The normalized spacial score (nSPS) is 10.6. The zero-order valence-corrected chi connectivity index (χ0v) is 11.8. The van der Waals surface area contributed by atoms with Crippen molar-refractivity contribution in [2.75, 3.05) is 6.61 Å². The Morgan fingerprint density at radius 3 is 2.62 bits per heavy atom. The number of fused-ring (bicyclic) bond motifs is 1. The summed E-state index contributed by atoms with van der Waals surface area (Å²) in [6, 6.07) is 4.79. The highest BCUT2D eigenvalue weighted by Gasteiger charge is 2.18. The molecule has 0 saturated carbocycles. The highest BCUT2D eigenvalue weighted by atomic mass is 16.5. The van der Waals surface area contributed by atoms with Crippen LogP contribution in [0.4, 0.5) is 0 Å². The molecule has 2 aromatic rings. The zero-order chi connectivity index (χ0) is 15.6. The molecule has 21 heavy (non-hydrogen) atoms. The van der Waals surface area contributed by atoms with Crippen LogP contribution >= 0.6 is 0 Å². The molecule has 0 saturated heterocycles. The Balaban J connectivity index is 2.55. The summed E-state index contributed by atoms with van der Waals surface area (Å²) in [5, 5.41) is 4.49. The summed E-state index contributed by atoms with van der Waals surface area (Å²) in [6.45, 7) is 3.26. The first-order valence-electron chi connectivity index (χ1n) is 6.41. The minimum Gasteiger partial charge on any atom is -0.465 e. The second kappa shape index (κ2) is 5.74. The maximum Gasteiger partial charge on any atom is 0.327 e. The fraction of sp³-hybridized carbons (Fsp3) is 0.286. The molecule has 0 aliphatic rings. The van der Waals surface area contributed by atoms with Gasteiger partial charge >= 0.3 is 5.97 Å². The third-order valence-corrected chi connectivity index (χ3v) is 2.97. The maximum absolute atomic E-state index is 11.6. The molecule has 0 atom stereocenters. The largest absolute Gasteiger partial charge is 0.465 e. The van der Waals surface area contributed by atoms with Gasteiger partial charge in [0.05, 0.1) is 12.1 Å². The number of hydrogen-bond acceptors (Lipinski definition) is 5. The van der Waals surface area contributed by atoms with Crippen LogP contribution in [0.1, 0.15) is 34.7 Å². The SMILES string of the molecule is CCOC(=O)Cn1nc(C(N)=O)c2cc(C(C)=O)ccc21. The average molecular weight is 289 g/mol. The molecule has 1 heterocycles. The molecule has 0 fully saturated rings. The Morgan fingerprint density at radius 1 is 1.33 bits per heavy atom. The van der Waals surface area contributed by atoms with Gasteiger partial charge in [-0.25, -0.2) is 0 Å². The highest BCUT2D eigenvalue weighted by Crippen LogP contribution is 2.20. The van der Waals surface area contributed by atoms with E-state index in [4.69, 9.17) is 10.5 Å². The molecule has 0 spiro atoms. The summed E-state index contributed by atoms with van der Waals surface area (Å²) in [5.41, 5.74) is 6.31. The lowest BCUT2D eigenvalue weighted by Gasteiger charge is -2.03. The Labute approximate surface area is 120 Å². The van der Waals surface area contributed by atoms with Crippen molar-refractivity contribution in [2.45, 2.75) is 20.4 Å². The number of carbonyl (C=O) groups excluding carboxylic acids is 3. The van der Waals surface area contributed by atoms with Crippen LogP contribution in [-0.4, -0.2) is 34.0 Å². The predicted molar refractivity (Wildman–Crippen MR) is 74.9 cm³/mol. The number of aromatic nitrogens is 2. The highest BCUT2D eigenvalue weighted by molar-refractivity contribution is 6.07. The van der Waals surface area contributed by atoms with Crippen LogP contribution in [0.15, 0.2) is 18.2 Å². The van der Waals surface area contributed by atoms with Crippen molar-refractivity contribution in [1.82, 2.24) is 9.78 Å². The number of hydrogen-bond donors (Lipinski definition) is 1. The van der Waals surface area contributed by atoms with Crippen molar-refractivity contribution in [1.29, 1.82) is 0 Å². The van der Waals surface area contributed by atoms with Crippen molar-refractivity contribution in [3.05, 3.63) is 29.5 Å². The fourth-order valence-corrected chi connectivity index (χ4v) is 2.03. The lowest BCUT2D eigenvalue weighted by Crippen LogP contribution is -2.16. The van der Waals surface area contributed by atoms with E-state index in [1.807, 2.05) is 0 Å². The minimum atomic E-state index is -0.719. The molecule has 2 rings (SSSR count). The van der Waals surface area contributed by atoms with E-state index in [0.717, 1.165) is 0 Å². The van der Waals surface area contributed by atoms with Gasteiger partial charge in [0.25, 0.3) is 5.91 Å². The summed E-state index contributed by atoms with van der Waals surface area (Å²) in [6.07, 6.45) is 0. The van der Waals surface area contributed by atoms with E-state index in [0.29, 0.717) is 16.5 Å². The van der Waals surface area contributed by atoms with E-state index in [2.05, 4.69) is 5.10 Å². The molecule has 0 unspecified atom stereocenters. The van der Waals surface area contributed by atoms with Gasteiger partial charge in [-0.1, -0.05) is 0 Å². The Bertz CT molecular complexity index is 733. The van der Waals surface area contributed by atoms with Crippen molar-refractivity contribution in [3.8, 4) is 0 Å². The van der Waals surface area contributed by atoms with Gasteiger partial charge in [0.15, 0.2) is 11.5 Å². The van der Waals surface area contributed by atoms with Crippen LogP contribution in [0.3, 0.4) is 0 Å². The molecule has 7 nitrogen and oxygen atoms in total.